The lowest BCUT2D eigenvalue weighted by Crippen LogP contribution is -2.39. The van der Waals surface area contributed by atoms with Crippen LogP contribution in [-0.2, 0) is 14.3 Å². The summed E-state index contributed by atoms with van der Waals surface area (Å²) in [5, 5.41) is 4.89. The number of allylic oxidation sites excluding steroid dienone is 1. The van der Waals surface area contributed by atoms with E-state index in [1.165, 1.54) is 30.1 Å². The summed E-state index contributed by atoms with van der Waals surface area (Å²) in [6, 6.07) is 20.9. The van der Waals surface area contributed by atoms with E-state index in [0.717, 1.165) is 11.3 Å². The Hall–Kier alpha value is -5.75. The molecule has 1 aliphatic heterocycles. The van der Waals surface area contributed by atoms with Gasteiger partial charge in [-0.3, -0.25) is 9.36 Å². The van der Waals surface area contributed by atoms with Crippen molar-refractivity contribution in [3.05, 3.63) is 127 Å². The highest BCUT2D eigenvalue weighted by molar-refractivity contribution is 7.07. The predicted molar refractivity (Wildman–Crippen MR) is 176 cm³/mol. The lowest BCUT2D eigenvalue weighted by Gasteiger charge is -2.24. The largest absolute Gasteiger partial charge is 0.493 e. The van der Waals surface area contributed by atoms with Gasteiger partial charge in [-0.05, 0) is 61.0 Å². The summed E-state index contributed by atoms with van der Waals surface area (Å²) in [6.07, 6.45) is 3.63. The number of benzene rings is 3. The molecule has 0 radical (unpaired) electrons. The third-order valence-corrected chi connectivity index (χ3v) is 8.76. The highest BCUT2D eigenvalue weighted by atomic mass is 32.1. The van der Waals surface area contributed by atoms with Crippen LogP contribution in [0.25, 0.3) is 23.0 Å². The molecule has 12 heteroatoms. The number of methoxy groups -OCH3 is 4. The molecule has 1 aliphatic rings. The fraction of sp³-hybridized carbons (Fsp3) is 0.171. The van der Waals surface area contributed by atoms with Crippen LogP contribution in [0.1, 0.15) is 34.5 Å². The number of para-hydroxylation sites is 1. The van der Waals surface area contributed by atoms with Crippen molar-refractivity contribution in [2.24, 2.45) is 4.99 Å². The van der Waals surface area contributed by atoms with Gasteiger partial charge in [0, 0.05) is 17.3 Å². The molecular weight excluding hydrogens is 620 g/mol. The van der Waals surface area contributed by atoms with Gasteiger partial charge in [-0.15, -0.1) is 0 Å². The molecule has 0 saturated heterocycles. The third-order valence-electron chi connectivity index (χ3n) is 7.78. The number of ether oxygens (including phenoxy) is 4. The van der Waals surface area contributed by atoms with Crippen molar-refractivity contribution in [1.82, 2.24) is 14.3 Å². The van der Waals surface area contributed by atoms with E-state index >= 15 is 0 Å². The lowest BCUT2D eigenvalue weighted by atomic mass is 9.95. The zero-order chi connectivity index (χ0) is 33.2. The monoisotopic (exact) mass is 650 g/mol. The molecule has 2 aromatic heterocycles. The smallest absolute Gasteiger partial charge is 0.338 e. The first-order valence-corrected chi connectivity index (χ1v) is 15.3. The molecule has 5 aromatic rings. The molecule has 0 saturated carbocycles. The summed E-state index contributed by atoms with van der Waals surface area (Å²) in [4.78, 5) is 44.5. The van der Waals surface area contributed by atoms with Crippen LogP contribution in [0.5, 0.6) is 11.5 Å². The van der Waals surface area contributed by atoms with E-state index in [-0.39, 0.29) is 11.1 Å². The lowest BCUT2D eigenvalue weighted by molar-refractivity contribution is -0.136. The second kappa shape index (κ2) is 12.9. The molecule has 11 nitrogen and oxygen atoms in total. The first kappa shape index (κ1) is 31.2. The Morgan fingerprint density at radius 1 is 0.872 bits per heavy atom. The van der Waals surface area contributed by atoms with Gasteiger partial charge in [-0.25, -0.2) is 19.3 Å². The standard InChI is InChI=1S/C35H30N4O7S/c1-20-29(34(42)46-5)31(21-11-13-22(14-12-21)33(41)45-4)39-32(40)28(47-35(39)36-20)18-24-19-38(25-9-7-6-8-10-25)37-30(24)23-15-16-26(43-2)27(17-23)44-3/h6-19,31H,1-5H3. The van der Waals surface area contributed by atoms with Gasteiger partial charge in [0.25, 0.3) is 5.56 Å². The maximum atomic E-state index is 14.3. The predicted octanol–water partition coefficient (Wildman–Crippen LogP) is 4.06. The Kier molecular flexibility index (Phi) is 8.59. The van der Waals surface area contributed by atoms with Crippen molar-refractivity contribution in [2.45, 2.75) is 13.0 Å². The summed E-state index contributed by atoms with van der Waals surface area (Å²) in [5.41, 5.74) is 4.11. The highest BCUT2D eigenvalue weighted by Gasteiger charge is 2.33. The number of hydrogen-bond acceptors (Lipinski definition) is 10. The van der Waals surface area contributed by atoms with Crippen molar-refractivity contribution in [1.29, 1.82) is 0 Å². The molecular formula is C35H30N4O7S. The Morgan fingerprint density at radius 2 is 1.57 bits per heavy atom. The number of aromatic nitrogens is 3. The van der Waals surface area contributed by atoms with E-state index < -0.39 is 18.0 Å². The van der Waals surface area contributed by atoms with Crippen molar-refractivity contribution >= 4 is 29.4 Å². The Balaban J connectivity index is 1.55. The zero-order valence-electron chi connectivity index (χ0n) is 26.2. The molecule has 0 N–H and O–H groups in total. The fourth-order valence-electron chi connectivity index (χ4n) is 5.48. The van der Waals surface area contributed by atoms with E-state index in [0.29, 0.717) is 48.9 Å². The number of thiazole rings is 1. The number of rotatable bonds is 8. The van der Waals surface area contributed by atoms with Gasteiger partial charge in [0.1, 0.15) is 5.69 Å². The molecule has 6 rings (SSSR count). The van der Waals surface area contributed by atoms with Crippen LogP contribution in [-0.4, -0.2) is 54.7 Å². The second-order valence-electron chi connectivity index (χ2n) is 10.5. The summed E-state index contributed by atoms with van der Waals surface area (Å²) in [6.45, 7) is 1.71. The number of hydrogen-bond donors (Lipinski definition) is 0. The SMILES string of the molecule is COC(=O)C1=C(C)N=c2sc(=Cc3cn(-c4ccccc4)nc3-c3ccc(OC)c(OC)c3)c(=O)n2C1c1ccc(C(=O)OC)cc1. The molecule has 0 spiro atoms. The molecule has 47 heavy (non-hydrogen) atoms. The van der Waals surface area contributed by atoms with Crippen molar-refractivity contribution < 1.29 is 28.5 Å². The second-order valence-corrected chi connectivity index (χ2v) is 11.5. The minimum atomic E-state index is -0.843. The van der Waals surface area contributed by atoms with Gasteiger partial charge in [-0.1, -0.05) is 41.7 Å². The van der Waals surface area contributed by atoms with Gasteiger partial charge in [-0.2, -0.15) is 5.10 Å². The van der Waals surface area contributed by atoms with Crippen LogP contribution in [0.4, 0.5) is 0 Å². The van der Waals surface area contributed by atoms with Gasteiger partial charge < -0.3 is 18.9 Å². The number of esters is 2. The number of fused-ring (bicyclic) bond motifs is 1. The molecule has 0 aliphatic carbocycles. The molecule has 3 aromatic carbocycles. The Bertz CT molecular complexity index is 2210. The molecule has 0 bridgehead atoms. The van der Waals surface area contributed by atoms with E-state index in [9.17, 15) is 14.4 Å². The van der Waals surface area contributed by atoms with E-state index in [4.69, 9.17) is 24.0 Å². The van der Waals surface area contributed by atoms with Gasteiger partial charge in [0.2, 0.25) is 0 Å². The molecule has 3 heterocycles. The molecule has 1 atom stereocenters. The summed E-state index contributed by atoms with van der Waals surface area (Å²) in [7, 11) is 5.72. The molecule has 0 amide bonds. The van der Waals surface area contributed by atoms with E-state index in [1.54, 1.807) is 62.2 Å². The van der Waals surface area contributed by atoms with E-state index in [1.807, 2.05) is 48.7 Å². The highest BCUT2D eigenvalue weighted by Crippen LogP contribution is 2.34. The molecule has 238 valence electrons. The van der Waals surface area contributed by atoms with Crippen molar-refractivity contribution in [3.8, 4) is 28.4 Å². The maximum absolute atomic E-state index is 14.3. The van der Waals surface area contributed by atoms with Crippen LogP contribution < -0.4 is 24.4 Å². The van der Waals surface area contributed by atoms with Crippen LogP contribution in [0.15, 0.2) is 100 Å². The van der Waals surface area contributed by atoms with Crippen LogP contribution in [0, 0.1) is 0 Å². The topological polar surface area (TPSA) is 123 Å². The normalized spacial score (nSPS) is 14.3. The first-order chi connectivity index (χ1) is 22.8. The summed E-state index contributed by atoms with van der Waals surface area (Å²) in [5.74, 6) is 0.00258. The quantitative estimate of drug-likeness (QED) is 0.231. The molecule has 0 fully saturated rings. The molecule has 1 unspecified atom stereocenters. The number of nitrogens with zero attached hydrogens (tertiary/aromatic N) is 4. The number of carbonyl (C=O) groups excluding carboxylic acids is 2. The number of carbonyl (C=O) groups is 2. The van der Waals surface area contributed by atoms with Crippen LogP contribution >= 0.6 is 11.3 Å². The van der Waals surface area contributed by atoms with Gasteiger partial charge in [0.15, 0.2) is 16.3 Å². The Labute approximate surface area is 273 Å². The van der Waals surface area contributed by atoms with Crippen molar-refractivity contribution in [3.63, 3.8) is 0 Å². The van der Waals surface area contributed by atoms with Gasteiger partial charge >= 0.3 is 11.9 Å². The average Bonchev–Trinajstić information content (AvgIpc) is 3.67. The van der Waals surface area contributed by atoms with Gasteiger partial charge in [0.05, 0.1) is 61.5 Å². The van der Waals surface area contributed by atoms with Crippen molar-refractivity contribution in [2.75, 3.05) is 28.4 Å². The fourth-order valence-corrected chi connectivity index (χ4v) is 6.52. The maximum Gasteiger partial charge on any atom is 0.338 e. The summed E-state index contributed by atoms with van der Waals surface area (Å²) < 4.78 is 24.5. The zero-order valence-corrected chi connectivity index (χ0v) is 27.0. The average molecular weight is 651 g/mol. The van der Waals surface area contributed by atoms with Crippen LogP contribution in [0.2, 0.25) is 0 Å². The Morgan fingerprint density at radius 3 is 2.23 bits per heavy atom. The first-order valence-electron chi connectivity index (χ1n) is 14.4. The van der Waals surface area contributed by atoms with E-state index in [2.05, 4.69) is 4.99 Å². The minimum Gasteiger partial charge on any atom is -0.493 e. The minimum absolute atomic E-state index is 0.222. The summed E-state index contributed by atoms with van der Waals surface area (Å²) >= 11 is 1.20. The third kappa shape index (κ3) is 5.74. The van der Waals surface area contributed by atoms with Crippen LogP contribution in [0.3, 0.4) is 0 Å².